The SMILES string of the molecule is CCc1occc1-c1cc(F)cc(C(=O)NC[C@@H](NC(=O)OCc2ccccc2)C(=O)OC)c1. The van der Waals surface area contributed by atoms with Gasteiger partial charge in [-0.05, 0) is 35.4 Å². The molecule has 0 fully saturated rings. The first-order valence-corrected chi connectivity index (χ1v) is 10.6. The number of esters is 1. The average Bonchev–Trinajstić information content (AvgIpc) is 3.34. The summed E-state index contributed by atoms with van der Waals surface area (Å²) in [6.07, 6.45) is 1.25. The summed E-state index contributed by atoms with van der Waals surface area (Å²) in [5.41, 5.74) is 1.99. The summed E-state index contributed by atoms with van der Waals surface area (Å²) in [6, 6.07) is 13.4. The van der Waals surface area contributed by atoms with Crippen LogP contribution in [0.3, 0.4) is 0 Å². The molecule has 0 unspecified atom stereocenters. The molecular formula is C25H25FN2O6. The van der Waals surface area contributed by atoms with Crippen LogP contribution < -0.4 is 10.6 Å². The number of hydrogen-bond acceptors (Lipinski definition) is 6. The van der Waals surface area contributed by atoms with Gasteiger partial charge in [0.1, 0.15) is 24.2 Å². The van der Waals surface area contributed by atoms with Gasteiger partial charge in [-0.1, -0.05) is 37.3 Å². The van der Waals surface area contributed by atoms with Crippen molar-refractivity contribution in [3.05, 3.63) is 83.6 Å². The Morgan fingerprint density at radius 3 is 2.56 bits per heavy atom. The first-order valence-electron chi connectivity index (χ1n) is 10.6. The van der Waals surface area contributed by atoms with Crippen LogP contribution in [0.5, 0.6) is 0 Å². The molecule has 34 heavy (non-hydrogen) atoms. The van der Waals surface area contributed by atoms with Gasteiger partial charge in [0.05, 0.1) is 13.4 Å². The highest BCUT2D eigenvalue weighted by Gasteiger charge is 2.24. The number of hydrogen-bond donors (Lipinski definition) is 2. The molecular weight excluding hydrogens is 443 g/mol. The molecule has 0 radical (unpaired) electrons. The molecule has 0 saturated carbocycles. The minimum atomic E-state index is -1.20. The number of furan rings is 1. The second-order valence-electron chi connectivity index (χ2n) is 7.33. The van der Waals surface area contributed by atoms with Crippen LogP contribution in [-0.2, 0) is 27.3 Å². The highest BCUT2D eigenvalue weighted by molar-refractivity contribution is 5.96. The van der Waals surface area contributed by atoms with Crippen molar-refractivity contribution in [1.29, 1.82) is 0 Å². The number of carbonyl (C=O) groups excluding carboxylic acids is 3. The van der Waals surface area contributed by atoms with Crippen molar-refractivity contribution in [1.82, 2.24) is 10.6 Å². The molecule has 0 aliphatic carbocycles. The minimum absolute atomic E-state index is 0.00670. The Bertz CT molecular complexity index is 1150. The Morgan fingerprint density at radius 2 is 1.85 bits per heavy atom. The molecule has 0 spiro atoms. The zero-order valence-electron chi connectivity index (χ0n) is 18.8. The van der Waals surface area contributed by atoms with E-state index in [2.05, 4.69) is 10.6 Å². The Morgan fingerprint density at radius 1 is 1.09 bits per heavy atom. The zero-order chi connectivity index (χ0) is 24.5. The molecule has 1 aromatic heterocycles. The van der Waals surface area contributed by atoms with E-state index in [1.165, 1.54) is 18.4 Å². The predicted octanol–water partition coefficient (Wildman–Crippen LogP) is 3.85. The first-order chi connectivity index (χ1) is 16.4. The van der Waals surface area contributed by atoms with Crippen molar-refractivity contribution in [3.63, 3.8) is 0 Å². The number of carbonyl (C=O) groups is 3. The third-order valence-corrected chi connectivity index (χ3v) is 4.99. The second kappa shape index (κ2) is 11.6. The topological polar surface area (TPSA) is 107 Å². The van der Waals surface area contributed by atoms with Gasteiger partial charge < -0.3 is 24.5 Å². The van der Waals surface area contributed by atoms with Gasteiger partial charge in [-0.25, -0.2) is 14.0 Å². The quantitative estimate of drug-likeness (QED) is 0.462. The van der Waals surface area contributed by atoms with Crippen molar-refractivity contribution in [3.8, 4) is 11.1 Å². The van der Waals surface area contributed by atoms with E-state index in [1.54, 1.807) is 30.3 Å². The largest absolute Gasteiger partial charge is 0.469 e. The van der Waals surface area contributed by atoms with Crippen LogP contribution in [0.2, 0.25) is 0 Å². The fourth-order valence-electron chi connectivity index (χ4n) is 3.29. The standard InChI is InChI=1S/C25H25FN2O6/c1-3-22-20(9-10-33-22)17-11-18(13-19(26)12-17)23(29)27-14-21(24(30)32-2)28-25(31)34-15-16-7-5-4-6-8-16/h4-13,21H,3,14-15H2,1-2H3,(H,27,29)(H,28,31)/t21-/m1/s1. The second-order valence-corrected chi connectivity index (χ2v) is 7.33. The Labute approximate surface area is 196 Å². The van der Waals surface area contributed by atoms with Crippen LogP contribution in [0, 0.1) is 5.82 Å². The maximum atomic E-state index is 14.2. The van der Waals surface area contributed by atoms with E-state index in [0.717, 1.165) is 18.7 Å². The summed E-state index contributed by atoms with van der Waals surface area (Å²) in [7, 11) is 1.16. The summed E-state index contributed by atoms with van der Waals surface area (Å²) < 4.78 is 29.4. The van der Waals surface area contributed by atoms with Crippen LogP contribution in [0.4, 0.5) is 9.18 Å². The Balaban J connectivity index is 1.64. The van der Waals surface area contributed by atoms with Crippen LogP contribution >= 0.6 is 0 Å². The molecule has 0 saturated heterocycles. The molecule has 0 aliphatic heterocycles. The fourth-order valence-corrected chi connectivity index (χ4v) is 3.29. The highest BCUT2D eigenvalue weighted by atomic mass is 19.1. The molecule has 3 aromatic rings. The molecule has 2 aromatic carbocycles. The Hall–Kier alpha value is -4.14. The molecule has 2 amide bonds. The van der Waals surface area contributed by atoms with Crippen LogP contribution in [0.25, 0.3) is 11.1 Å². The van der Waals surface area contributed by atoms with Gasteiger partial charge in [0.15, 0.2) is 0 Å². The summed E-state index contributed by atoms with van der Waals surface area (Å²) in [6.45, 7) is 1.62. The van der Waals surface area contributed by atoms with Crippen molar-refractivity contribution < 1.29 is 32.7 Å². The molecule has 0 aliphatic rings. The van der Waals surface area contributed by atoms with Gasteiger partial charge >= 0.3 is 12.1 Å². The Kier molecular flexibility index (Phi) is 8.39. The summed E-state index contributed by atoms with van der Waals surface area (Å²) in [5.74, 6) is -1.34. The first kappa shape index (κ1) is 24.5. The minimum Gasteiger partial charge on any atom is -0.469 e. The normalized spacial score (nSPS) is 11.4. The number of alkyl carbamates (subject to hydrolysis) is 1. The summed E-state index contributed by atoms with van der Waals surface area (Å²) in [4.78, 5) is 36.9. The van der Waals surface area contributed by atoms with Gasteiger partial charge in [-0.3, -0.25) is 4.79 Å². The summed E-state index contributed by atoms with van der Waals surface area (Å²) >= 11 is 0. The lowest BCUT2D eigenvalue weighted by atomic mass is 10.0. The number of ether oxygens (including phenoxy) is 2. The van der Waals surface area contributed by atoms with E-state index < -0.39 is 29.8 Å². The van der Waals surface area contributed by atoms with Gasteiger partial charge in [-0.15, -0.1) is 0 Å². The number of amides is 2. The number of nitrogens with one attached hydrogen (secondary N) is 2. The highest BCUT2D eigenvalue weighted by Crippen LogP contribution is 2.27. The maximum Gasteiger partial charge on any atom is 0.408 e. The van der Waals surface area contributed by atoms with E-state index in [0.29, 0.717) is 23.3 Å². The number of methoxy groups -OCH3 is 1. The van der Waals surface area contributed by atoms with Crippen molar-refractivity contribution in [2.45, 2.75) is 26.0 Å². The zero-order valence-corrected chi connectivity index (χ0v) is 18.8. The lowest BCUT2D eigenvalue weighted by Crippen LogP contribution is -2.49. The molecule has 1 heterocycles. The van der Waals surface area contributed by atoms with Crippen LogP contribution in [-0.4, -0.2) is 37.7 Å². The average molecular weight is 468 g/mol. The van der Waals surface area contributed by atoms with Crippen molar-refractivity contribution >= 4 is 18.0 Å². The lowest BCUT2D eigenvalue weighted by molar-refractivity contribution is -0.142. The smallest absolute Gasteiger partial charge is 0.408 e. The van der Waals surface area contributed by atoms with Crippen LogP contribution in [0.1, 0.15) is 28.6 Å². The predicted molar refractivity (Wildman–Crippen MR) is 121 cm³/mol. The third-order valence-electron chi connectivity index (χ3n) is 4.99. The van der Waals surface area contributed by atoms with Crippen molar-refractivity contribution in [2.24, 2.45) is 0 Å². The van der Waals surface area contributed by atoms with Gasteiger partial charge in [0.2, 0.25) is 0 Å². The number of halogens is 1. The van der Waals surface area contributed by atoms with Crippen LogP contribution in [0.15, 0.2) is 65.3 Å². The molecule has 3 rings (SSSR count). The van der Waals surface area contributed by atoms with E-state index in [9.17, 15) is 18.8 Å². The van der Waals surface area contributed by atoms with E-state index in [-0.39, 0.29) is 18.7 Å². The molecule has 2 N–H and O–H groups in total. The molecule has 9 heteroatoms. The fraction of sp³-hybridized carbons (Fsp3) is 0.240. The maximum absolute atomic E-state index is 14.2. The molecule has 8 nitrogen and oxygen atoms in total. The number of rotatable bonds is 9. The van der Waals surface area contributed by atoms with E-state index in [4.69, 9.17) is 13.9 Å². The van der Waals surface area contributed by atoms with Gasteiger partial charge in [-0.2, -0.15) is 0 Å². The van der Waals surface area contributed by atoms with Gasteiger partial charge in [0, 0.05) is 24.1 Å². The molecule has 178 valence electrons. The molecule has 0 bridgehead atoms. The van der Waals surface area contributed by atoms with E-state index >= 15 is 0 Å². The van der Waals surface area contributed by atoms with E-state index in [1.807, 2.05) is 13.0 Å². The van der Waals surface area contributed by atoms with Gasteiger partial charge in [0.25, 0.3) is 5.91 Å². The molecule has 1 atom stereocenters. The third kappa shape index (κ3) is 6.44. The van der Waals surface area contributed by atoms with Crippen molar-refractivity contribution in [2.75, 3.05) is 13.7 Å². The monoisotopic (exact) mass is 468 g/mol. The number of aryl methyl sites for hydroxylation is 1. The summed E-state index contributed by atoms with van der Waals surface area (Å²) in [5, 5.41) is 4.89. The lowest BCUT2D eigenvalue weighted by Gasteiger charge is -2.17. The number of benzene rings is 2.